The first-order valence-electron chi connectivity index (χ1n) is 4.06. The number of nitrogens with one attached hydrogen (secondary N) is 1. The number of ether oxygens (including phenoxy) is 1. The molecule has 0 atom stereocenters. The van der Waals surface area contributed by atoms with E-state index in [1.54, 1.807) is 0 Å². The molecule has 0 aliphatic carbocycles. The van der Waals surface area contributed by atoms with Gasteiger partial charge in [-0.15, -0.1) is 0 Å². The molecule has 0 aliphatic heterocycles. The Balaban J connectivity index is 0. The van der Waals surface area contributed by atoms with Crippen LogP contribution in [-0.2, 0) is 14.3 Å². The van der Waals surface area contributed by atoms with Gasteiger partial charge in [0.1, 0.15) is 0 Å². The van der Waals surface area contributed by atoms with Crippen LogP contribution in [0.25, 0.3) is 0 Å². The van der Waals surface area contributed by atoms with Gasteiger partial charge in [0.25, 0.3) is 0 Å². The SMILES string of the molecule is C=CC(=O)OCCCCC.N=C=O. The highest BCUT2D eigenvalue weighted by atomic mass is 16.5. The highest BCUT2D eigenvalue weighted by molar-refractivity contribution is 5.81. The van der Waals surface area contributed by atoms with Crippen LogP contribution in [-0.4, -0.2) is 18.7 Å². The molecule has 1 N–H and O–H groups in total. The van der Waals surface area contributed by atoms with Crippen LogP contribution in [0.1, 0.15) is 26.2 Å². The Bertz CT molecular complexity index is 172. The van der Waals surface area contributed by atoms with Gasteiger partial charge in [-0.05, 0) is 6.42 Å². The summed E-state index contributed by atoms with van der Waals surface area (Å²) in [6.07, 6.45) is 5.15. The number of isocyanates is 1. The summed E-state index contributed by atoms with van der Waals surface area (Å²) >= 11 is 0. The summed E-state index contributed by atoms with van der Waals surface area (Å²) in [5, 5.41) is 5.40. The van der Waals surface area contributed by atoms with Gasteiger partial charge < -0.3 is 4.74 Å². The third-order valence-electron chi connectivity index (χ3n) is 1.16. The molecular formula is C9H15NO3. The molecular weight excluding hydrogens is 170 g/mol. The molecule has 74 valence electrons. The first-order chi connectivity index (χ1) is 6.22. The van der Waals surface area contributed by atoms with Crippen LogP contribution in [0.5, 0.6) is 0 Å². The Kier molecular flexibility index (Phi) is 14.3. The van der Waals surface area contributed by atoms with Crippen LogP contribution in [0.15, 0.2) is 12.7 Å². The molecule has 0 amide bonds. The molecule has 13 heavy (non-hydrogen) atoms. The van der Waals surface area contributed by atoms with Crippen LogP contribution in [0.3, 0.4) is 0 Å². The van der Waals surface area contributed by atoms with Crippen molar-refractivity contribution in [3.05, 3.63) is 12.7 Å². The average molecular weight is 185 g/mol. The fraction of sp³-hybridized carbons (Fsp3) is 0.556. The van der Waals surface area contributed by atoms with Crippen LogP contribution < -0.4 is 0 Å². The predicted molar refractivity (Wildman–Crippen MR) is 49.1 cm³/mol. The molecule has 4 nitrogen and oxygen atoms in total. The van der Waals surface area contributed by atoms with E-state index in [-0.39, 0.29) is 5.97 Å². The summed E-state index contributed by atoms with van der Waals surface area (Å²) in [5.41, 5.74) is 0. The first-order valence-corrected chi connectivity index (χ1v) is 4.06. The lowest BCUT2D eigenvalue weighted by Gasteiger charge is -1.98. The number of hydrogen-bond donors (Lipinski definition) is 1. The maximum atomic E-state index is 10.4. The molecule has 0 bridgehead atoms. The molecule has 4 heteroatoms. The summed E-state index contributed by atoms with van der Waals surface area (Å²) in [6, 6.07) is 0. The lowest BCUT2D eigenvalue weighted by molar-refractivity contribution is -0.137. The van der Waals surface area contributed by atoms with Crippen molar-refractivity contribution in [3.8, 4) is 0 Å². The van der Waals surface area contributed by atoms with Crippen molar-refractivity contribution < 1.29 is 14.3 Å². The summed E-state index contributed by atoms with van der Waals surface area (Å²) in [4.78, 5) is 18.8. The van der Waals surface area contributed by atoms with Gasteiger partial charge in [-0.2, -0.15) is 0 Å². The van der Waals surface area contributed by atoms with Crippen LogP contribution in [0.2, 0.25) is 0 Å². The second-order valence-electron chi connectivity index (χ2n) is 2.18. The Morgan fingerprint density at radius 2 is 2.15 bits per heavy atom. The zero-order valence-corrected chi connectivity index (χ0v) is 7.84. The van der Waals surface area contributed by atoms with Crippen molar-refractivity contribution >= 4 is 12.0 Å². The molecule has 0 rings (SSSR count). The lowest BCUT2D eigenvalue weighted by atomic mass is 10.3. The lowest BCUT2D eigenvalue weighted by Crippen LogP contribution is -2.01. The fourth-order valence-electron chi connectivity index (χ4n) is 0.584. The molecule has 0 aliphatic rings. The van der Waals surface area contributed by atoms with E-state index in [0.717, 1.165) is 25.3 Å². The van der Waals surface area contributed by atoms with Crippen molar-refractivity contribution in [3.63, 3.8) is 0 Å². The topological polar surface area (TPSA) is 67.2 Å². The monoisotopic (exact) mass is 185 g/mol. The summed E-state index contributed by atoms with van der Waals surface area (Å²) < 4.78 is 4.74. The molecule has 0 aromatic rings. The number of carbonyl (C=O) groups is 1. The summed E-state index contributed by atoms with van der Waals surface area (Å²) in [5.74, 6) is -0.323. The standard InChI is InChI=1S/C8H14O2.CHNO/c1-3-5-6-7-10-8(9)4-2;2-1-3/h4H,2-3,5-7H2,1H3;2H. The molecule has 0 fully saturated rings. The second kappa shape index (κ2) is 13.2. The van der Waals surface area contributed by atoms with Gasteiger partial charge in [0.05, 0.1) is 6.61 Å². The quantitative estimate of drug-likeness (QED) is 0.233. The molecule has 0 spiro atoms. The molecule has 0 unspecified atom stereocenters. The van der Waals surface area contributed by atoms with E-state index in [2.05, 4.69) is 13.5 Å². The van der Waals surface area contributed by atoms with E-state index in [0.29, 0.717) is 6.61 Å². The Labute approximate surface area is 78.1 Å². The molecule has 0 aromatic carbocycles. The van der Waals surface area contributed by atoms with Crippen LogP contribution in [0.4, 0.5) is 0 Å². The van der Waals surface area contributed by atoms with E-state index >= 15 is 0 Å². The Hall–Kier alpha value is -1.41. The number of unbranched alkanes of at least 4 members (excludes halogenated alkanes) is 2. The van der Waals surface area contributed by atoms with E-state index in [4.69, 9.17) is 14.9 Å². The van der Waals surface area contributed by atoms with E-state index < -0.39 is 0 Å². The van der Waals surface area contributed by atoms with Gasteiger partial charge in [-0.1, -0.05) is 26.3 Å². The minimum Gasteiger partial charge on any atom is -0.463 e. The highest BCUT2D eigenvalue weighted by Gasteiger charge is 1.92. The van der Waals surface area contributed by atoms with Gasteiger partial charge in [-0.3, -0.25) is 0 Å². The van der Waals surface area contributed by atoms with Crippen molar-refractivity contribution in [2.45, 2.75) is 26.2 Å². The third-order valence-corrected chi connectivity index (χ3v) is 1.16. The van der Waals surface area contributed by atoms with Gasteiger partial charge >= 0.3 is 5.97 Å². The Morgan fingerprint density at radius 1 is 1.62 bits per heavy atom. The van der Waals surface area contributed by atoms with Crippen molar-refractivity contribution in [1.82, 2.24) is 0 Å². The maximum Gasteiger partial charge on any atom is 0.330 e. The second-order valence-corrected chi connectivity index (χ2v) is 2.18. The molecule has 0 heterocycles. The molecule has 0 saturated carbocycles. The molecule has 0 aromatic heterocycles. The predicted octanol–water partition coefficient (Wildman–Crippen LogP) is 1.81. The van der Waals surface area contributed by atoms with Gasteiger partial charge in [0, 0.05) is 6.08 Å². The fourth-order valence-corrected chi connectivity index (χ4v) is 0.584. The van der Waals surface area contributed by atoms with Crippen molar-refractivity contribution in [2.24, 2.45) is 0 Å². The number of rotatable bonds is 5. The van der Waals surface area contributed by atoms with Gasteiger partial charge in [0.2, 0.25) is 6.08 Å². The minimum atomic E-state index is -0.323. The zero-order chi connectivity index (χ0) is 10.5. The Morgan fingerprint density at radius 3 is 2.54 bits per heavy atom. The van der Waals surface area contributed by atoms with Gasteiger partial charge in [0.15, 0.2) is 0 Å². The van der Waals surface area contributed by atoms with Crippen LogP contribution >= 0.6 is 0 Å². The van der Waals surface area contributed by atoms with Crippen molar-refractivity contribution in [2.75, 3.05) is 6.61 Å². The molecule has 0 radical (unpaired) electrons. The van der Waals surface area contributed by atoms with Crippen LogP contribution in [0, 0.1) is 5.41 Å². The smallest absolute Gasteiger partial charge is 0.330 e. The number of esters is 1. The summed E-state index contributed by atoms with van der Waals surface area (Å²) in [7, 11) is 0. The molecule has 0 saturated heterocycles. The number of hydrogen-bond acceptors (Lipinski definition) is 4. The summed E-state index contributed by atoms with van der Waals surface area (Å²) in [6.45, 7) is 5.92. The maximum absolute atomic E-state index is 10.4. The van der Waals surface area contributed by atoms with Gasteiger partial charge in [-0.25, -0.2) is 15.0 Å². The third kappa shape index (κ3) is 18.0. The number of carbonyl (C=O) groups excluding carboxylic acids is 2. The average Bonchev–Trinajstić information content (AvgIpc) is 2.13. The minimum absolute atomic E-state index is 0.323. The van der Waals surface area contributed by atoms with E-state index in [1.165, 1.54) is 6.08 Å². The van der Waals surface area contributed by atoms with Crippen molar-refractivity contribution in [1.29, 1.82) is 5.41 Å². The highest BCUT2D eigenvalue weighted by Crippen LogP contribution is 1.94. The largest absolute Gasteiger partial charge is 0.463 e. The first kappa shape index (κ1) is 14.1. The van der Waals surface area contributed by atoms with E-state index in [9.17, 15) is 4.79 Å². The normalized spacial score (nSPS) is 7.46. The zero-order valence-electron chi connectivity index (χ0n) is 7.84. The van der Waals surface area contributed by atoms with E-state index in [1.807, 2.05) is 0 Å².